The van der Waals surface area contributed by atoms with Crippen molar-refractivity contribution >= 4 is 0 Å². The van der Waals surface area contributed by atoms with Crippen LogP contribution >= 0.6 is 0 Å². The molecule has 2 heteroatoms. The van der Waals surface area contributed by atoms with Crippen LogP contribution in [0, 0.1) is 24.1 Å². The van der Waals surface area contributed by atoms with Crippen LogP contribution < -0.4 is 0 Å². The molecule has 0 saturated heterocycles. The van der Waals surface area contributed by atoms with Crippen LogP contribution in [-0.4, -0.2) is 13.2 Å². The standard InChI is InChI=1S/C12H18O2/c1-3-5-9-13-11-7-8-12-14-10-6-4-2/h3-6,9-10H2,1-2H3. The lowest BCUT2D eigenvalue weighted by molar-refractivity contribution is 0.269. The predicted molar refractivity (Wildman–Crippen MR) is 57.3 cm³/mol. The van der Waals surface area contributed by atoms with Crippen molar-refractivity contribution in [3.63, 3.8) is 0 Å². The molecular formula is C12H18O2. The van der Waals surface area contributed by atoms with Crippen molar-refractivity contribution in [2.45, 2.75) is 39.5 Å². The van der Waals surface area contributed by atoms with Crippen LogP contribution in [0.25, 0.3) is 0 Å². The van der Waals surface area contributed by atoms with Crippen molar-refractivity contribution in [1.82, 2.24) is 0 Å². The van der Waals surface area contributed by atoms with E-state index in [9.17, 15) is 0 Å². The van der Waals surface area contributed by atoms with Gasteiger partial charge in [0.25, 0.3) is 0 Å². The molecule has 2 nitrogen and oxygen atoms in total. The summed E-state index contributed by atoms with van der Waals surface area (Å²) >= 11 is 0. The van der Waals surface area contributed by atoms with Crippen LogP contribution in [0.4, 0.5) is 0 Å². The van der Waals surface area contributed by atoms with Crippen molar-refractivity contribution in [3.05, 3.63) is 0 Å². The lowest BCUT2D eigenvalue weighted by atomic mass is 10.4. The van der Waals surface area contributed by atoms with Crippen LogP contribution in [-0.2, 0) is 9.47 Å². The molecule has 0 fully saturated rings. The van der Waals surface area contributed by atoms with Gasteiger partial charge >= 0.3 is 0 Å². The number of hydrogen-bond acceptors (Lipinski definition) is 2. The van der Waals surface area contributed by atoms with Crippen molar-refractivity contribution in [2.75, 3.05) is 13.2 Å². The maximum Gasteiger partial charge on any atom is 0.124 e. The first-order valence-electron chi connectivity index (χ1n) is 5.15. The molecule has 78 valence electrons. The first-order chi connectivity index (χ1) is 6.91. The van der Waals surface area contributed by atoms with E-state index in [4.69, 9.17) is 9.47 Å². The van der Waals surface area contributed by atoms with Crippen molar-refractivity contribution in [1.29, 1.82) is 0 Å². The SMILES string of the molecule is CCCCOC#CC#COCCCC. The first kappa shape index (κ1) is 12.7. The largest absolute Gasteiger partial charge is 0.446 e. The summed E-state index contributed by atoms with van der Waals surface area (Å²) in [5, 5.41) is 0. The van der Waals surface area contributed by atoms with Gasteiger partial charge in [-0.05, 0) is 12.8 Å². The van der Waals surface area contributed by atoms with Gasteiger partial charge in [0, 0.05) is 11.8 Å². The van der Waals surface area contributed by atoms with Gasteiger partial charge in [0.15, 0.2) is 0 Å². The summed E-state index contributed by atoms with van der Waals surface area (Å²) in [6.45, 7) is 5.58. The molecule has 0 aliphatic carbocycles. The molecule has 0 heterocycles. The Morgan fingerprint density at radius 3 is 1.57 bits per heavy atom. The van der Waals surface area contributed by atoms with Gasteiger partial charge in [-0.25, -0.2) is 0 Å². The number of ether oxygens (including phenoxy) is 2. The highest BCUT2D eigenvalue weighted by Gasteiger charge is 1.79. The normalized spacial score (nSPS) is 7.86. The van der Waals surface area contributed by atoms with Crippen LogP contribution in [0.2, 0.25) is 0 Å². The van der Waals surface area contributed by atoms with Crippen molar-refractivity contribution in [3.8, 4) is 24.1 Å². The third-order valence-electron chi connectivity index (χ3n) is 1.51. The second-order valence-corrected chi connectivity index (χ2v) is 2.86. The Morgan fingerprint density at radius 1 is 0.786 bits per heavy atom. The number of unbranched alkanes of at least 4 members (excludes halogenated alkanes) is 2. The molecule has 0 atom stereocenters. The zero-order chi connectivity index (χ0) is 10.5. The number of hydrogen-bond donors (Lipinski definition) is 0. The summed E-state index contributed by atoms with van der Waals surface area (Å²) in [6, 6.07) is 0. The third kappa shape index (κ3) is 10.7. The zero-order valence-electron chi connectivity index (χ0n) is 9.06. The molecule has 0 unspecified atom stereocenters. The lowest BCUT2D eigenvalue weighted by Gasteiger charge is -1.91. The molecule has 0 aromatic carbocycles. The second kappa shape index (κ2) is 11.7. The number of rotatable bonds is 6. The summed E-state index contributed by atoms with van der Waals surface area (Å²) in [4.78, 5) is 0. The fourth-order valence-electron chi connectivity index (χ4n) is 0.658. The van der Waals surface area contributed by atoms with Gasteiger partial charge in [-0.15, -0.1) is 0 Å². The van der Waals surface area contributed by atoms with E-state index in [1.807, 2.05) is 0 Å². The average Bonchev–Trinajstić information content (AvgIpc) is 2.21. The molecule has 0 spiro atoms. The summed E-state index contributed by atoms with van der Waals surface area (Å²) in [5.41, 5.74) is 0. The molecule has 0 saturated carbocycles. The fraction of sp³-hybridized carbons (Fsp3) is 0.667. The van der Waals surface area contributed by atoms with Gasteiger partial charge in [0.2, 0.25) is 0 Å². The smallest absolute Gasteiger partial charge is 0.124 e. The zero-order valence-corrected chi connectivity index (χ0v) is 9.06. The predicted octanol–water partition coefficient (Wildman–Crippen LogP) is 2.54. The Morgan fingerprint density at radius 2 is 1.21 bits per heavy atom. The first-order valence-corrected chi connectivity index (χ1v) is 5.15. The Kier molecular flexibility index (Phi) is 10.6. The maximum atomic E-state index is 4.98. The highest BCUT2D eigenvalue weighted by molar-refractivity contribution is 5.21. The highest BCUT2D eigenvalue weighted by Crippen LogP contribution is 1.86. The highest BCUT2D eigenvalue weighted by atomic mass is 16.5. The third-order valence-corrected chi connectivity index (χ3v) is 1.51. The van der Waals surface area contributed by atoms with Gasteiger partial charge in [0.05, 0.1) is 0 Å². The van der Waals surface area contributed by atoms with Crippen LogP contribution in [0.1, 0.15) is 39.5 Å². The summed E-state index contributed by atoms with van der Waals surface area (Å²) in [6.07, 6.45) is 9.33. The molecule has 0 aromatic heterocycles. The van der Waals surface area contributed by atoms with E-state index >= 15 is 0 Å². The minimum absolute atomic E-state index is 0.682. The van der Waals surface area contributed by atoms with Crippen molar-refractivity contribution in [2.24, 2.45) is 0 Å². The maximum absolute atomic E-state index is 4.98. The lowest BCUT2D eigenvalue weighted by Crippen LogP contribution is -1.86. The summed E-state index contributed by atoms with van der Waals surface area (Å²) in [5.74, 6) is 5.13. The molecule has 0 aliphatic rings. The molecule has 0 amide bonds. The Balaban J connectivity index is 3.29. The molecule has 14 heavy (non-hydrogen) atoms. The van der Waals surface area contributed by atoms with E-state index in [-0.39, 0.29) is 0 Å². The van der Waals surface area contributed by atoms with Crippen molar-refractivity contribution < 1.29 is 9.47 Å². The molecule has 0 rings (SSSR count). The quantitative estimate of drug-likeness (QED) is 0.478. The van der Waals surface area contributed by atoms with E-state index in [0.717, 1.165) is 25.7 Å². The second-order valence-electron chi connectivity index (χ2n) is 2.86. The van der Waals surface area contributed by atoms with E-state index in [1.165, 1.54) is 0 Å². The Bertz CT molecular complexity index is 198. The molecular weight excluding hydrogens is 176 g/mol. The summed E-state index contributed by atoms with van der Waals surface area (Å²) < 4.78 is 9.97. The van der Waals surface area contributed by atoms with E-state index in [1.54, 1.807) is 0 Å². The Labute approximate surface area is 87.0 Å². The topological polar surface area (TPSA) is 18.5 Å². The molecule has 0 N–H and O–H groups in total. The monoisotopic (exact) mass is 194 g/mol. The van der Waals surface area contributed by atoms with Gasteiger partial charge < -0.3 is 9.47 Å². The van der Waals surface area contributed by atoms with Crippen LogP contribution in [0.5, 0.6) is 0 Å². The fourth-order valence-corrected chi connectivity index (χ4v) is 0.658. The van der Waals surface area contributed by atoms with Crippen LogP contribution in [0.15, 0.2) is 0 Å². The van der Waals surface area contributed by atoms with Crippen LogP contribution in [0.3, 0.4) is 0 Å². The minimum atomic E-state index is 0.682. The Hall–Kier alpha value is -1.28. The minimum Gasteiger partial charge on any atom is -0.446 e. The van der Waals surface area contributed by atoms with Gasteiger partial charge in [-0.2, -0.15) is 0 Å². The molecule has 0 aromatic rings. The van der Waals surface area contributed by atoms with Gasteiger partial charge in [-0.3, -0.25) is 0 Å². The average molecular weight is 194 g/mol. The van der Waals surface area contributed by atoms with E-state index in [0.29, 0.717) is 13.2 Å². The summed E-state index contributed by atoms with van der Waals surface area (Å²) in [7, 11) is 0. The molecule has 0 aliphatic heterocycles. The van der Waals surface area contributed by atoms with E-state index < -0.39 is 0 Å². The van der Waals surface area contributed by atoms with Gasteiger partial charge in [-0.1, -0.05) is 26.7 Å². The van der Waals surface area contributed by atoms with Gasteiger partial charge in [0.1, 0.15) is 25.4 Å². The molecule has 0 bridgehead atoms. The van der Waals surface area contributed by atoms with E-state index in [2.05, 4.69) is 37.9 Å². The molecule has 0 radical (unpaired) electrons.